The lowest BCUT2D eigenvalue weighted by Gasteiger charge is -2.32. The molecule has 1 aliphatic heterocycles. The molecule has 0 saturated heterocycles. The van der Waals surface area contributed by atoms with Crippen molar-refractivity contribution in [1.82, 2.24) is 10.2 Å². The van der Waals surface area contributed by atoms with Gasteiger partial charge >= 0.3 is 0 Å². The predicted molar refractivity (Wildman–Crippen MR) is 103 cm³/mol. The number of ether oxygens (including phenoxy) is 2. The summed E-state index contributed by atoms with van der Waals surface area (Å²) in [5.41, 5.74) is 2.59. The Balaban J connectivity index is 1.80. The van der Waals surface area contributed by atoms with Gasteiger partial charge in [-0.25, -0.2) is 4.99 Å². The first kappa shape index (κ1) is 17.6. The molecule has 3 rings (SSSR count). The van der Waals surface area contributed by atoms with Crippen LogP contribution >= 0.6 is 11.3 Å². The van der Waals surface area contributed by atoms with Crippen LogP contribution in [-0.4, -0.2) is 38.2 Å². The van der Waals surface area contributed by atoms with Gasteiger partial charge in [-0.05, 0) is 48.1 Å². The first-order valence-electron chi connectivity index (χ1n) is 8.54. The maximum Gasteiger partial charge on any atom is 0.194 e. The number of thiophene rings is 1. The van der Waals surface area contributed by atoms with Crippen molar-refractivity contribution in [1.29, 1.82) is 0 Å². The second kappa shape index (κ2) is 8.25. The summed E-state index contributed by atoms with van der Waals surface area (Å²) in [6.07, 6.45) is 0.971. The van der Waals surface area contributed by atoms with Crippen molar-refractivity contribution in [3.63, 3.8) is 0 Å². The monoisotopic (exact) mass is 359 g/mol. The van der Waals surface area contributed by atoms with Gasteiger partial charge in [-0.1, -0.05) is 6.07 Å². The van der Waals surface area contributed by atoms with E-state index >= 15 is 0 Å². The Morgan fingerprint density at radius 1 is 1.24 bits per heavy atom. The van der Waals surface area contributed by atoms with E-state index < -0.39 is 0 Å². The lowest BCUT2D eigenvalue weighted by atomic mass is 9.99. The summed E-state index contributed by atoms with van der Waals surface area (Å²) in [6.45, 7) is 5.45. The third kappa shape index (κ3) is 4.07. The number of rotatable bonds is 5. The highest BCUT2D eigenvalue weighted by Crippen LogP contribution is 2.33. The van der Waals surface area contributed by atoms with E-state index in [2.05, 4.69) is 46.8 Å². The van der Waals surface area contributed by atoms with E-state index in [1.807, 2.05) is 0 Å². The molecule has 2 aromatic rings. The summed E-state index contributed by atoms with van der Waals surface area (Å²) in [5, 5.41) is 5.51. The quantitative estimate of drug-likeness (QED) is 0.657. The number of benzene rings is 1. The van der Waals surface area contributed by atoms with Gasteiger partial charge in [0.25, 0.3) is 0 Å². The van der Waals surface area contributed by atoms with Crippen LogP contribution in [0.25, 0.3) is 0 Å². The van der Waals surface area contributed by atoms with Crippen LogP contribution < -0.4 is 14.8 Å². The van der Waals surface area contributed by atoms with E-state index in [0.717, 1.165) is 50.1 Å². The van der Waals surface area contributed by atoms with Gasteiger partial charge < -0.3 is 19.7 Å². The molecule has 1 aliphatic rings. The molecular formula is C19H25N3O2S. The molecule has 0 amide bonds. The maximum atomic E-state index is 5.45. The van der Waals surface area contributed by atoms with E-state index in [1.165, 1.54) is 16.0 Å². The molecular weight excluding hydrogens is 334 g/mol. The predicted octanol–water partition coefficient (Wildman–Crippen LogP) is 3.29. The SMILES string of the molecule is CCNC(=NCc1cccs1)N1CCc2cc(OC)c(OC)cc2C1. The molecule has 0 spiro atoms. The van der Waals surface area contributed by atoms with Gasteiger partial charge in [0, 0.05) is 24.5 Å². The Bertz CT molecular complexity index is 729. The van der Waals surface area contributed by atoms with Crippen LogP contribution in [0.1, 0.15) is 22.9 Å². The number of guanidine groups is 1. The minimum absolute atomic E-state index is 0.718. The smallest absolute Gasteiger partial charge is 0.194 e. The topological polar surface area (TPSA) is 46.1 Å². The Morgan fingerprint density at radius 2 is 2.00 bits per heavy atom. The average molecular weight is 359 g/mol. The highest BCUT2D eigenvalue weighted by molar-refractivity contribution is 7.09. The third-order valence-electron chi connectivity index (χ3n) is 4.32. The molecule has 1 N–H and O–H groups in total. The third-order valence-corrected chi connectivity index (χ3v) is 5.18. The first-order chi connectivity index (χ1) is 12.2. The molecule has 0 saturated carbocycles. The minimum atomic E-state index is 0.718. The number of nitrogens with zero attached hydrogens (tertiary/aromatic N) is 2. The number of hydrogen-bond acceptors (Lipinski definition) is 4. The first-order valence-corrected chi connectivity index (χ1v) is 9.42. The van der Waals surface area contributed by atoms with Crippen molar-refractivity contribution in [2.45, 2.75) is 26.4 Å². The Hall–Kier alpha value is -2.21. The zero-order chi connectivity index (χ0) is 17.6. The zero-order valence-electron chi connectivity index (χ0n) is 15.0. The highest BCUT2D eigenvalue weighted by atomic mass is 32.1. The van der Waals surface area contributed by atoms with Crippen molar-refractivity contribution in [2.24, 2.45) is 4.99 Å². The average Bonchev–Trinajstić information content (AvgIpc) is 3.17. The molecule has 6 heteroatoms. The van der Waals surface area contributed by atoms with Crippen LogP contribution in [-0.2, 0) is 19.5 Å². The van der Waals surface area contributed by atoms with Crippen LogP contribution in [0.4, 0.5) is 0 Å². The number of hydrogen-bond donors (Lipinski definition) is 1. The molecule has 5 nitrogen and oxygen atoms in total. The van der Waals surface area contributed by atoms with E-state index in [4.69, 9.17) is 14.5 Å². The van der Waals surface area contributed by atoms with Gasteiger partial charge in [0.15, 0.2) is 17.5 Å². The normalized spacial score (nSPS) is 14.2. The summed E-state index contributed by atoms with van der Waals surface area (Å²) in [6, 6.07) is 8.38. The van der Waals surface area contributed by atoms with Crippen LogP contribution in [0.15, 0.2) is 34.6 Å². The Labute approximate surface area is 153 Å². The lowest BCUT2D eigenvalue weighted by molar-refractivity contribution is 0.346. The van der Waals surface area contributed by atoms with Crippen molar-refractivity contribution in [3.05, 3.63) is 45.6 Å². The molecule has 0 radical (unpaired) electrons. The summed E-state index contributed by atoms with van der Waals surface area (Å²) >= 11 is 1.74. The van der Waals surface area contributed by atoms with Crippen molar-refractivity contribution < 1.29 is 9.47 Å². The summed E-state index contributed by atoms with van der Waals surface area (Å²) in [4.78, 5) is 8.40. The molecule has 0 bridgehead atoms. The largest absolute Gasteiger partial charge is 0.493 e. The van der Waals surface area contributed by atoms with Gasteiger partial charge in [-0.15, -0.1) is 11.3 Å². The number of methoxy groups -OCH3 is 2. The highest BCUT2D eigenvalue weighted by Gasteiger charge is 2.21. The Kier molecular flexibility index (Phi) is 5.81. The molecule has 0 unspecified atom stereocenters. The van der Waals surface area contributed by atoms with Crippen LogP contribution in [0.2, 0.25) is 0 Å². The van der Waals surface area contributed by atoms with Gasteiger partial charge in [0.05, 0.1) is 20.8 Å². The zero-order valence-corrected chi connectivity index (χ0v) is 15.9. The standard InChI is InChI=1S/C19H25N3O2S/c1-4-20-19(21-12-16-6-5-9-25-16)22-8-7-14-10-17(23-2)18(24-3)11-15(14)13-22/h5-6,9-11H,4,7-8,12-13H2,1-3H3,(H,20,21). The molecule has 1 aromatic heterocycles. The van der Waals surface area contributed by atoms with Crippen LogP contribution in [0, 0.1) is 0 Å². The maximum absolute atomic E-state index is 5.45. The summed E-state index contributed by atoms with van der Waals surface area (Å²) in [5.74, 6) is 2.55. The van der Waals surface area contributed by atoms with Gasteiger partial charge in [0.1, 0.15) is 0 Å². The summed E-state index contributed by atoms with van der Waals surface area (Å²) in [7, 11) is 3.36. The fraction of sp³-hybridized carbons (Fsp3) is 0.421. The summed E-state index contributed by atoms with van der Waals surface area (Å²) < 4.78 is 10.9. The second-order valence-corrected chi connectivity index (χ2v) is 6.93. The number of aliphatic imine (C=N–C) groups is 1. The van der Waals surface area contributed by atoms with Gasteiger partial charge in [-0.3, -0.25) is 0 Å². The minimum Gasteiger partial charge on any atom is -0.493 e. The molecule has 2 heterocycles. The van der Waals surface area contributed by atoms with E-state index in [-0.39, 0.29) is 0 Å². The number of nitrogens with one attached hydrogen (secondary N) is 1. The molecule has 0 atom stereocenters. The Morgan fingerprint density at radius 3 is 2.64 bits per heavy atom. The molecule has 0 fully saturated rings. The van der Waals surface area contributed by atoms with Gasteiger partial charge in [0.2, 0.25) is 0 Å². The van der Waals surface area contributed by atoms with E-state index in [1.54, 1.807) is 25.6 Å². The van der Waals surface area contributed by atoms with Crippen LogP contribution in [0.5, 0.6) is 11.5 Å². The van der Waals surface area contributed by atoms with E-state index in [9.17, 15) is 0 Å². The molecule has 0 aliphatic carbocycles. The van der Waals surface area contributed by atoms with Crippen molar-refractivity contribution in [3.8, 4) is 11.5 Å². The fourth-order valence-corrected chi connectivity index (χ4v) is 3.67. The lowest BCUT2D eigenvalue weighted by Crippen LogP contribution is -2.44. The second-order valence-electron chi connectivity index (χ2n) is 5.90. The van der Waals surface area contributed by atoms with Crippen molar-refractivity contribution >= 4 is 17.3 Å². The van der Waals surface area contributed by atoms with E-state index in [0.29, 0.717) is 0 Å². The van der Waals surface area contributed by atoms with Gasteiger partial charge in [-0.2, -0.15) is 0 Å². The molecule has 134 valence electrons. The number of fused-ring (bicyclic) bond motifs is 1. The fourth-order valence-electron chi connectivity index (χ4n) is 3.05. The molecule has 1 aromatic carbocycles. The van der Waals surface area contributed by atoms with Crippen LogP contribution in [0.3, 0.4) is 0 Å². The molecule has 25 heavy (non-hydrogen) atoms. The van der Waals surface area contributed by atoms with Crippen molar-refractivity contribution in [2.75, 3.05) is 27.3 Å².